The Kier molecular flexibility index (Phi) is 10.7. The summed E-state index contributed by atoms with van der Waals surface area (Å²) in [6, 6.07) is 17.4. The molecule has 0 N–H and O–H groups in total. The Morgan fingerprint density at radius 2 is 0.943 bits per heavy atom. The monoisotopic (exact) mass is 472 g/mol. The molecule has 0 atom stereocenters. The quantitative estimate of drug-likeness (QED) is 0.291. The molecular weight excluding hydrogens is 428 g/mol. The fourth-order valence-electron chi connectivity index (χ4n) is 4.96. The lowest BCUT2D eigenvalue weighted by molar-refractivity contribution is -0.112. The highest BCUT2D eigenvalue weighted by atomic mass is 16.1. The van der Waals surface area contributed by atoms with Gasteiger partial charge in [0.1, 0.15) is 0 Å². The molecule has 0 aliphatic heterocycles. The Bertz CT molecular complexity index is 894. The molecule has 0 heterocycles. The highest BCUT2D eigenvalue weighted by molar-refractivity contribution is 6.14. The van der Waals surface area contributed by atoms with Crippen LogP contribution >= 0.6 is 0 Å². The van der Waals surface area contributed by atoms with E-state index < -0.39 is 0 Å². The zero-order valence-corrected chi connectivity index (χ0v) is 22.4. The van der Waals surface area contributed by atoms with Gasteiger partial charge in [-0.15, -0.1) is 0 Å². The number of Topliss-reactive ketones (excluding diaryl/α,β-unsaturated/α-hetero) is 1. The van der Waals surface area contributed by atoms with Gasteiger partial charge in [-0.2, -0.15) is 0 Å². The standard InChI is InChI=1S/C32H44N2O/c1-5-20-33(21-6-2)30-16-12-26(13-17-30)24-28-10-9-11-29(32(28)35)25-27-14-18-31(19-15-27)34(22-7-3)23-8-4/h12-19,24-25H,5-11,20-23H2,1-4H3/b28-24-,29-25+. The SMILES string of the molecule is CCCN(CCC)c1ccc(/C=C2/CCC/C(=C\c3ccc(N(CCC)CCC)cc3)C2=O)cc1. The van der Waals surface area contributed by atoms with Crippen LogP contribution in [0.25, 0.3) is 12.2 Å². The van der Waals surface area contributed by atoms with Crippen LogP contribution in [0.2, 0.25) is 0 Å². The Labute approximate surface area is 213 Å². The Morgan fingerprint density at radius 3 is 1.26 bits per heavy atom. The van der Waals surface area contributed by atoms with E-state index >= 15 is 0 Å². The number of rotatable bonds is 12. The number of ketones is 1. The van der Waals surface area contributed by atoms with Gasteiger partial charge in [0.25, 0.3) is 0 Å². The molecule has 0 saturated heterocycles. The average Bonchev–Trinajstić information content (AvgIpc) is 2.87. The van der Waals surface area contributed by atoms with Crippen LogP contribution in [0.5, 0.6) is 0 Å². The van der Waals surface area contributed by atoms with Gasteiger partial charge < -0.3 is 9.80 Å². The smallest absolute Gasteiger partial charge is 0.185 e. The summed E-state index contributed by atoms with van der Waals surface area (Å²) in [5, 5.41) is 0. The highest BCUT2D eigenvalue weighted by Gasteiger charge is 2.20. The number of anilines is 2. The topological polar surface area (TPSA) is 23.6 Å². The molecule has 0 radical (unpaired) electrons. The number of hydrogen-bond donors (Lipinski definition) is 0. The largest absolute Gasteiger partial charge is 0.372 e. The molecule has 2 aromatic rings. The summed E-state index contributed by atoms with van der Waals surface area (Å²) in [5.41, 5.74) is 6.63. The summed E-state index contributed by atoms with van der Waals surface area (Å²) in [4.78, 5) is 18.2. The average molecular weight is 473 g/mol. The van der Waals surface area contributed by atoms with E-state index in [9.17, 15) is 4.79 Å². The van der Waals surface area contributed by atoms with Gasteiger partial charge in [-0.25, -0.2) is 0 Å². The van der Waals surface area contributed by atoms with Crippen molar-refractivity contribution in [1.82, 2.24) is 0 Å². The fourth-order valence-corrected chi connectivity index (χ4v) is 4.96. The van der Waals surface area contributed by atoms with Crippen molar-refractivity contribution in [2.45, 2.75) is 72.6 Å². The summed E-state index contributed by atoms with van der Waals surface area (Å²) in [6.07, 6.45) is 11.5. The van der Waals surface area contributed by atoms with E-state index in [1.165, 1.54) is 11.4 Å². The second kappa shape index (κ2) is 13.9. The molecule has 2 aromatic carbocycles. The first kappa shape index (κ1) is 26.8. The van der Waals surface area contributed by atoms with Crippen molar-refractivity contribution >= 4 is 29.3 Å². The maximum atomic E-state index is 13.3. The van der Waals surface area contributed by atoms with E-state index in [0.29, 0.717) is 0 Å². The fraction of sp³-hybridized carbons (Fsp3) is 0.469. The minimum atomic E-state index is 0.210. The number of carbonyl (C=O) groups is 1. The maximum absolute atomic E-state index is 13.3. The van der Waals surface area contributed by atoms with E-state index in [4.69, 9.17) is 0 Å². The molecule has 188 valence electrons. The van der Waals surface area contributed by atoms with Crippen LogP contribution < -0.4 is 9.80 Å². The molecule has 3 nitrogen and oxygen atoms in total. The zero-order chi connectivity index (χ0) is 25.0. The van der Waals surface area contributed by atoms with Gasteiger partial charge in [0.2, 0.25) is 0 Å². The highest BCUT2D eigenvalue weighted by Crippen LogP contribution is 2.29. The van der Waals surface area contributed by atoms with Crippen LogP contribution in [0.15, 0.2) is 59.7 Å². The number of nitrogens with zero attached hydrogens (tertiary/aromatic N) is 2. The zero-order valence-electron chi connectivity index (χ0n) is 22.4. The van der Waals surface area contributed by atoms with E-state index in [1.54, 1.807) is 0 Å². The van der Waals surface area contributed by atoms with Crippen LogP contribution in [0.4, 0.5) is 11.4 Å². The molecule has 1 aliphatic rings. The van der Waals surface area contributed by atoms with E-state index in [2.05, 4.69) is 98.2 Å². The molecule has 0 spiro atoms. The van der Waals surface area contributed by atoms with Crippen molar-refractivity contribution in [1.29, 1.82) is 0 Å². The van der Waals surface area contributed by atoms with Crippen molar-refractivity contribution in [3.63, 3.8) is 0 Å². The lowest BCUT2D eigenvalue weighted by Crippen LogP contribution is -2.24. The van der Waals surface area contributed by atoms with Gasteiger partial charge in [-0.05, 0) is 92.5 Å². The predicted molar refractivity (Wildman–Crippen MR) is 153 cm³/mol. The van der Waals surface area contributed by atoms with Crippen LogP contribution in [-0.2, 0) is 4.79 Å². The first-order chi connectivity index (χ1) is 17.1. The van der Waals surface area contributed by atoms with Crippen LogP contribution in [-0.4, -0.2) is 32.0 Å². The summed E-state index contributed by atoms with van der Waals surface area (Å²) in [6.45, 7) is 13.2. The lowest BCUT2D eigenvalue weighted by Gasteiger charge is -2.24. The molecule has 35 heavy (non-hydrogen) atoms. The minimum absolute atomic E-state index is 0.210. The van der Waals surface area contributed by atoms with Gasteiger partial charge in [-0.1, -0.05) is 52.0 Å². The second-order valence-corrected chi connectivity index (χ2v) is 9.68. The van der Waals surface area contributed by atoms with Crippen molar-refractivity contribution < 1.29 is 4.79 Å². The summed E-state index contributed by atoms with van der Waals surface area (Å²) in [5.74, 6) is 0.210. The molecule has 0 amide bonds. The van der Waals surface area contributed by atoms with Crippen molar-refractivity contribution in [2.24, 2.45) is 0 Å². The number of allylic oxidation sites excluding steroid dienone is 2. The molecule has 1 aliphatic carbocycles. The van der Waals surface area contributed by atoms with E-state index in [1.807, 2.05) is 0 Å². The maximum Gasteiger partial charge on any atom is 0.185 e. The molecule has 0 unspecified atom stereocenters. The van der Waals surface area contributed by atoms with Gasteiger partial charge >= 0.3 is 0 Å². The predicted octanol–water partition coefficient (Wildman–Crippen LogP) is 8.16. The number of benzene rings is 2. The number of hydrogen-bond acceptors (Lipinski definition) is 3. The van der Waals surface area contributed by atoms with Crippen molar-refractivity contribution in [2.75, 3.05) is 36.0 Å². The first-order valence-electron chi connectivity index (χ1n) is 13.7. The third kappa shape index (κ3) is 7.59. The third-order valence-corrected chi connectivity index (χ3v) is 6.65. The Morgan fingerprint density at radius 1 is 0.600 bits per heavy atom. The van der Waals surface area contributed by atoms with Gasteiger partial charge in [0, 0.05) is 48.7 Å². The number of carbonyl (C=O) groups excluding carboxylic acids is 1. The lowest BCUT2D eigenvalue weighted by atomic mass is 9.87. The van der Waals surface area contributed by atoms with Crippen molar-refractivity contribution in [3.05, 3.63) is 70.8 Å². The minimum Gasteiger partial charge on any atom is -0.372 e. The molecule has 0 bridgehead atoms. The normalized spacial score (nSPS) is 16.2. The van der Waals surface area contributed by atoms with E-state index in [-0.39, 0.29) is 5.78 Å². The van der Waals surface area contributed by atoms with E-state index in [0.717, 1.165) is 93.4 Å². The second-order valence-electron chi connectivity index (χ2n) is 9.68. The molecule has 3 rings (SSSR count). The molecule has 3 heteroatoms. The van der Waals surface area contributed by atoms with Crippen LogP contribution in [0.1, 0.15) is 83.8 Å². The van der Waals surface area contributed by atoms with Crippen molar-refractivity contribution in [3.8, 4) is 0 Å². The molecule has 0 aromatic heterocycles. The first-order valence-corrected chi connectivity index (χ1v) is 13.7. The van der Waals surface area contributed by atoms with Crippen LogP contribution in [0, 0.1) is 0 Å². The summed E-state index contributed by atoms with van der Waals surface area (Å²) >= 11 is 0. The molecule has 1 saturated carbocycles. The Balaban J connectivity index is 1.73. The molecule has 1 fully saturated rings. The van der Waals surface area contributed by atoms with Crippen LogP contribution in [0.3, 0.4) is 0 Å². The summed E-state index contributed by atoms with van der Waals surface area (Å²) < 4.78 is 0. The molecular formula is C32H44N2O. The van der Waals surface area contributed by atoms with Gasteiger partial charge in [0.05, 0.1) is 0 Å². The van der Waals surface area contributed by atoms with Gasteiger partial charge in [0.15, 0.2) is 5.78 Å². The Hall–Kier alpha value is -2.81. The van der Waals surface area contributed by atoms with Gasteiger partial charge in [-0.3, -0.25) is 4.79 Å². The third-order valence-electron chi connectivity index (χ3n) is 6.65. The summed E-state index contributed by atoms with van der Waals surface area (Å²) in [7, 11) is 0.